The van der Waals surface area contributed by atoms with Crippen molar-refractivity contribution in [3.8, 4) is 17.0 Å². The van der Waals surface area contributed by atoms with Gasteiger partial charge in [-0.1, -0.05) is 25.3 Å². The molecule has 3 aromatic rings. The first-order valence-corrected chi connectivity index (χ1v) is 20.3. The van der Waals surface area contributed by atoms with E-state index in [0.29, 0.717) is 30.9 Å². The molecule has 1 aromatic heterocycles. The summed E-state index contributed by atoms with van der Waals surface area (Å²) in [5, 5.41) is 0.633. The van der Waals surface area contributed by atoms with Crippen LogP contribution < -0.4 is 9.46 Å². The van der Waals surface area contributed by atoms with Crippen LogP contribution in [0.4, 0.5) is 0 Å². The molecule has 9 nitrogen and oxygen atoms in total. The van der Waals surface area contributed by atoms with Crippen LogP contribution in [0, 0.1) is 5.41 Å². The zero-order valence-corrected chi connectivity index (χ0v) is 29.4. The molecule has 6 aliphatic rings. The van der Waals surface area contributed by atoms with E-state index in [1.165, 1.54) is 43.2 Å². The first kappa shape index (κ1) is 31.6. The van der Waals surface area contributed by atoms with E-state index in [1.54, 1.807) is 13.2 Å². The Morgan fingerprint density at radius 3 is 2.47 bits per heavy atom. The maximum absolute atomic E-state index is 15.1. The normalized spacial score (nSPS) is 27.0. The van der Waals surface area contributed by atoms with Gasteiger partial charge < -0.3 is 19.1 Å². The van der Waals surface area contributed by atoms with Crippen molar-refractivity contribution in [2.75, 3.05) is 33.3 Å². The fraction of sp³-hybridized carbons (Fsp3) is 0.590. The topological polar surface area (TPSA) is 101 Å². The number of fused-ring (bicyclic) bond motifs is 7. The Kier molecular flexibility index (Phi) is 7.65. The number of carbonyl (C=O) groups is 2. The summed E-state index contributed by atoms with van der Waals surface area (Å²) in [5.74, 6) is 0.953. The highest BCUT2D eigenvalue weighted by Crippen LogP contribution is 2.66. The van der Waals surface area contributed by atoms with E-state index >= 15 is 4.79 Å². The molecule has 10 heteroatoms. The second-order valence-electron chi connectivity index (χ2n) is 15.8. The van der Waals surface area contributed by atoms with Gasteiger partial charge in [0.25, 0.3) is 5.91 Å². The third kappa shape index (κ3) is 5.31. The lowest BCUT2D eigenvalue weighted by Gasteiger charge is -2.32. The molecular formula is C39H48N4O5S. The largest absolute Gasteiger partial charge is 0.497 e. The van der Waals surface area contributed by atoms with Crippen molar-refractivity contribution in [3.63, 3.8) is 0 Å². The van der Waals surface area contributed by atoms with E-state index in [-0.39, 0.29) is 17.9 Å². The van der Waals surface area contributed by atoms with Crippen LogP contribution in [0.25, 0.3) is 22.2 Å². The Bertz CT molecular complexity index is 1940. The van der Waals surface area contributed by atoms with Crippen molar-refractivity contribution in [1.82, 2.24) is 19.1 Å². The van der Waals surface area contributed by atoms with Crippen LogP contribution in [0.1, 0.15) is 110 Å². The summed E-state index contributed by atoms with van der Waals surface area (Å²) in [5.41, 5.74) is 5.51. The third-order valence-electron chi connectivity index (χ3n) is 12.7. The molecule has 2 unspecified atom stereocenters. The fourth-order valence-corrected chi connectivity index (χ4v) is 11.2. The van der Waals surface area contributed by atoms with Gasteiger partial charge in [0.05, 0.1) is 23.5 Å². The smallest absolute Gasteiger partial charge is 0.264 e. The predicted molar refractivity (Wildman–Crippen MR) is 189 cm³/mol. The molecule has 49 heavy (non-hydrogen) atoms. The lowest BCUT2D eigenvalue weighted by atomic mass is 9.81. The number of hydrogen-bond donors (Lipinski definition) is 1. The molecule has 9 rings (SSSR count). The number of methoxy groups -OCH3 is 1. The lowest BCUT2D eigenvalue weighted by molar-refractivity contribution is -0.139. The van der Waals surface area contributed by atoms with Crippen LogP contribution >= 0.6 is 0 Å². The van der Waals surface area contributed by atoms with Crippen molar-refractivity contribution in [3.05, 3.63) is 53.1 Å². The molecule has 4 heterocycles. The average molecular weight is 685 g/mol. The van der Waals surface area contributed by atoms with Crippen LogP contribution in [0.3, 0.4) is 0 Å². The number of rotatable bonds is 8. The van der Waals surface area contributed by atoms with Gasteiger partial charge in [0.1, 0.15) is 5.75 Å². The fourth-order valence-electron chi connectivity index (χ4n) is 9.91. The van der Waals surface area contributed by atoms with Gasteiger partial charge in [-0.3, -0.25) is 9.59 Å². The quantitative estimate of drug-likeness (QED) is 0.305. The monoisotopic (exact) mass is 684 g/mol. The van der Waals surface area contributed by atoms with Crippen LogP contribution in [0.15, 0.2) is 36.4 Å². The number of likely N-dealkylation sites (tertiary alicyclic amines) is 2. The molecule has 0 radical (unpaired) electrons. The summed E-state index contributed by atoms with van der Waals surface area (Å²) in [6, 6.07) is 12.3. The number of ether oxygens (including phenoxy) is 1. The van der Waals surface area contributed by atoms with Crippen molar-refractivity contribution in [2.45, 2.75) is 107 Å². The van der Waals surface area contributed by atoms with Gasteiger partial charge in [-0.15, -0.1) is 0 Å². The molecule has 1 N–H and O–H groups in total. The molecule has 260 valence electrons. The van der Waals surface area contributed by atoms with Gasteiger partial charge in [-0.25, -0.2) is 13.1 Å². The summed E-state index contributed by atoms with van der Waals surface area (Å²) < 4.78 is 36.0. The molecule has 2 saturated heterocycles. The third-order valence-corrected chi connectivity index (χ3v) is 14.5. The number of nitrogens with one attached hydrogen (secondary N) is 1. The number of carbonyl (C=O) groups excluding carboxylic acids is 2. The maximum Gasteiger partial charge on any atom is 0.264 e. The van der Waals surface area contributed by atoms with Gasteiger partial charge in [-0.2, -0.15) is 0 Å². The van der Waals surface area contributed by atoms with E-state index in [1.807, 2.05) is 18.2 Å². The summed E-state index contributed by atoms with van der Waals surface area (Å²) in [6.07, 6.45) is 12.4. The minimum absolute atomic E-state index is 0.0856. The molecule has 0 spiro atoms. The van der Waals surface area contributed by atoms with Crippen molar-refractivity contribution >= 4 is 32.7 Å². The number of sulfonamides is 1. The van der Waals surface area contributed by atoms with Crippen LogP contribution in [-0.4, -0.2) is 79.2 Å². The molecule has 2 aromatic carbocycles. The Labute approximate surface area is 289 Å². The molecule has 2 amide bonds. The Hall–Kier alpha value is -3.37. The molecule has 3 aliphatic heterocycles. The number of amides is 2. The Morgan fingerprint density at radius 2 is 1.71 bits per heavy atom. The lowest BCUT2D eigenvalue weighted by Crippen LogP contribution is -2.46. The minimum atomic E-state index is -3.69. The zero-order valence-electron chi connectivity index (χ0n) is 28.6. The average Bonchev–Trinajstić information content (AvgIpc) is 3.96. The van der Waals surface area contributed by atoms with Gasteiger partial charge in [0.2, 0.25) is 15.9 Å². The summed E-state index contributed by atoms with van der Waals surface area (Å²) in [7, 11) is -1.98. The Morgan fingerprint density at radius 1 is 0.918 bits per heavy atom. The first-order valence-electron chi connectivity index (χ1n) is 18.7. The summed E-state index contributed by atoms with van der Waals surface area (Å²) >= 11 is 0. The molecular weight excluding hydrogens is 637 g/mol. The zero-order chi connectivity index (χ0) is 33.5. The summed E-state index contributed by atoms with van der Waals surface area (Å²) in [6.45, 7) is 4.57. The number of hydrogen-bond acceptors (Lipinski definition) is 6. The second kappa shape index (κ2) is 11.9. The van der Waals surface area contributed by atoms with Gasteiger partial charge >= 0.3 is 0 Å². The highest BCUT2D eigenvalue weighted by Gasteiger charge is 2.64. The number of benzene rings is 2. The maximum atomic E-state index is 15.1. The standard InChI is InChI=1S/C39H48N4O5S/c1-48-28-12-16-30-32(21-28)33-22-39(33,38(45)42-19-7-10-27(42)23-41-17-5-6-18-41)24-43-34-20-26(37(44)40-49(46,47)29-13-14-29)11-15-31(34)35(36(30)43)25-8-3-2-4-9-25/h11-12,15-16,20-21,25,27,29,33H,2-10,13-14,17-19,22-24H2,1H3,(H,40,44)/t27-,33?,39?/m0/s1. The molecule has 3 aliphatic carbocycles. The van der Waals surface area contributed by atoms with Crippen LogP contribution in [-0.2, 0) is 21.4 Å². The predicted octanol–water partition coefficient (Wildman–Crippen LogP) is 6.16. The van der Waals surface area contributed by atoms with E-state index in [2.05, 4.69) is 31.2 Å². The van der Waals surface area contributed by atoms with E-state index < -0.39 is 26.6 Å². The molecule has 3 saturated carbocycles. The van der Waals surface area contributed by atoms with Crippen LogP contribution in [0.5, 0.6) is 5.75 Å². The highest BCUT2D eigenvalue weighted by atomic mass is 32.2. The van der Waals surface area contributed by atoms with E-state index in [0.717, 1.165) is 86.2 Å². The van der Waals surface area contributed by atoms with Gasteiger partial charge in [0, 0.05) is 53.6 Å². The molecule has 5 fully saturated rings. The first-order chi connectivity index (χ1) is 23.8. The molecule has 3 atom stereocenters. The second-order valence-corrected chi connectivity index (χ2v) is 17.7. The van der Waals surface area contributed by atoms with E-state index in [9.17, 15) is 13.2 Å². The summed E-state index contributed by atoms with van der Waals surface area (Å²) in [4.78, 5) is 33.3. The Balaban J connectivity index is 1.19. The van der Waals surface area contributed by atoms with E-state index in [4.69, 9.17) is 4.74 Å². The van der Waals surface area contributed by atoms with Crippen LogP contribution in [0.2, 0.25) is 0 Å². The number of aromatic nitrogens is 1. The van der Waals surface area contributed by atoms with Gasteiger partial charge in [-0.05, 0) is 118 Å². The SMILES string of the molecule is COc1ccc2c(c1)C1CC1(C(=O)N1CCC[C@H]1CN1CCCC1)Cn1c-2c(C2CCCCC2)c2ccc(C(=O)NS(=O)(=O)C3CC3)cc21. The number of nitrogens with zero attached hydrogens (tertiary/aromatic N) is 3. The molecule has 0 bridgehead atoms. The highest BCUT2D eigenvalue weighted by molar-refractivity contribution is 7.91. The minimum Gasteiger partial charge on any atom is -0.497 e. The van der Waals surface area contributed by atoms with Crippen molar-refractivity contribution < 1.29 is 22.7 Å². The van der Waals surface area contributed by atoms with Crippen molar-refractivity contribution in [2.24, 2.45) is 5.41 Å². The van der Waals surface area contributed by atoms with Crippen molar-refractivity contribution in [1.29, 1.82) is 0 Å². The van der Waals surface area contributed by atoms with Gasteiger partial charge in [0.15, 0.2) is 0 Å².